The normalized spacial score (nSPS) is 21.6. The van der Waals surface area contributed by atoms with Gasteiger partial charge in [0, 0.05) is 19.3 Å². The molecule has 1 saturated heterocycles. The van der Waals surface area contributed by atoms with Crippen molar-refractivity contribution in [3.8, 4) is 0 Å². The van der Waals surface area contributed by atoms with Gasteiger partial charge in [-0.15, -0.1) is 0 Å². The lowest BCUT2D eigenvalue weighted by molar-refractivity contribution is 0.0921. The van der Waals surface area contributed by atoms with Crippen LogP contribution in [-0.4, -0.2) is 34.8 Å². The molecule has 2 unspecified atom stereocenters. The van der Waals surface area contributed by atoms with Crippen molar-refractivity contribution in [1.29, 1.82) is 0 Å². The number of hydrogen-bond acceptors (Lipinski definition) is 3. The number of nitrogens with one attached hydrogen (secondary N) is 2. The Kier molecular flexibility index (Phi) is 4.01. The molecule has 1 aliphatic heterocycles. The van der Waals surface area contributed by atoms with Gasteiger partial charge in [-0.1, -0.05) is 0 Å². The molecule has 0 spiro atoms. The number of hydrogen-bond donors (Lipinski definition) is 2. The van der Waals surface area contributed by atoms with Crippen LogP contribution < -0.4 is 10.6 Å². The zero-order valence-electron chi connectivity index (χ0n) is 11.4. The van der Waals surface area contributed by atoms with Crippen molar-refractivity contribution in [1.82, 2.24) is 20.4 Å². The van der Waals surface area contributed by atoms with Crippen LogP contribution in [0.15, 0.2) is 6.20 Å². The molecule has 18 heavy (non-hydrogen) atoms. The highest BCUT2D eigenvalue weighted by molar-refractivity contribution is 5.95. The quantitative estimate of drug-likeness (QED) is 0.836. The van der Waals surface area contributed by atoms with E-state index in [0.29, 0.717) is 11.5 Å². The van der Waals surface area contributed by atoms with Crippen LogP contribution in [0, 0.1) is 12.8 Å². The molecule has 0 aliphatic carbocycles. The summed E-state index contributed by atoms with van der Waals surface area (Å²) in [6.45, 7) is 6.04. The molecule has 1 aromatic heterocycles. The molecule has 5 heteroatoms. The van der Waals surface area contributed by atoms with Crippen LogP contribution in [-0.2, 0) is 7.05 Å². The van der Waals surface area contributed by atoms with Crippen molar-refractivity contribution in [2.45, 2.75) is 32.7 Å². The average molecular weight is 250 g/mol. The molecule has 2 atom stereocenters. The van der Waals surface area contributed by atoms with Gasteiger partial charge in [-0.25, -0.2) is 0 Å². The molecule has 100 valence electrons. The summed E-state index contributed by atoms with van der Waals surface area (Å²) < 4.78 is 1.68. The van der Waals surface area contributed by atoms with Gasteiger partial charge in [0.2, 0.25) is 0 Å². The maximum Gasteiger partial charge on any atom is 0.254 e. The van der Waals surface area contributed by atoms with E-state index in [0.717, 1.165) is 18.8 Å². The molecular weight excluding hydrogens is 228 g/mol. The summed E-state index contributed by atoms with van der Waals surface area (Å²) in [6, 6.07) is 0.199. The molecular formula is C13H22N4O. The Labute approximate surface area is 108 Å². The van der Waals surface area contributed by atoms with Crippen LogP contribution >= 0.6 is 0 Å². The summed E-state index contributed by atoms with van der Waals surface area (Å²) in [7, 11) is 1.83. The minimum atomic E-state index is -0.0151. The van der Waals surface area contributed by atoms with Gasteiger partial charge in [-0.3, -0.25) is 9.48 Å². The predicted octanol–water partition coefficient (Wildman–Crippen LogP) is 0.846. The van der Waals surface area contributed by atoms with Gasteiger partial charge in [-0.05, 0) is 45.7 Å². The van der Waals surface area contributed by atoms with Crippen LogP contribution in [0.1, 0.15) is 35.8 Å². The second kappa shape index (κ2) is 5.52. The van der Waals surface area contributed by atoms with Gasteiger partial charge in [0.25, 0.3) is 5.91 Å². The van der Waals surface area contributed by atoms with Gasteiger partial charge in [-0.2, -0.15) is 5.10 Å². The molecule has 2 N–H and O–H groups in total. The molecule has 0 radical (unpaired) electrons. The van der Waals surface area contributed by atoms with E-state index in [2.05, 4.69) is 22.7 Å². The SMILES string of the molecule is Cc1nn(C)cc1C(=O)NC(C)C1CCCNC1. The van der Waals surface area contributed by atoms with Crippen molar-refractivity contribution in [2.75, 3.05) is 13.1 Å². The van der Waals surface area contributed by atoms with Crippen molar-refractivity contribution < 1.29 is 4.79 Å². The zero-order chi connectivity index (χ0) is 13.1. The molecule has 2 rings (SSSR count). The number of nitrogens with zero attached hydrogens (tertiary/aromatic N) is 2. The standard InChI is InChI=1S/C13H22N4O/c1-9(11-5-4-6-14-7-11)15-13(18)12-8-17(3)16-10(12)2/h8-9,11,14H,4-7H2,1-3H3,(H,15,18). The summed E-state index contributed by atoms with van der Waals surface area (Å²) in [4.78, 5) is 12.1. The Balaban J connectivity index is 1.96. The van der Waals surface area contributed by atoms with E-state index in [1.54, 1.807) is 10.9 Å². The first kappa shape index (κ1) is 13.1. The van der Waals surface area contributed by atoms with E-state index in [-0.39, 0.29) is 11.9 Å². The molecule has 0 saturated carbocycles. The number of piperidine rings is 1. The highest BCUT2D eigenvalue weighted by Gasteiger charge is 2.22. The van der Waals surface area contributed by atoms with Gasteiger partial charge >= 0.3 is 0 Å². The monoisotopic (exact) mass is 250 g/mol. The summed E-state index contributed by atoms with van der Waals surface area (Å²) in [5, 5.41) is 10.7. The lowest BCUT2D eigenvalue weighted by Gasteiger charge is -2.28. The number of amides is 1. The second-order valence-corrected chi connectivity index (χ2v) is 5.17. The number of aryl methyl sites for hydroxylation is 2. The third kappa shape index (κ3) is 2.90. The molecule has 1 aromatic rings. The average Bonchev–Trinajstić information content (AvgIpc) is 2.69. The topological polar surface area (TPSA) is 59.0 Å². The molecule has 1 amide bonds. The fraction of sp³-hybridized carbons (Fsp3) is 0.692. The van der Waals surface area contributed by atoms with E-state index in [4.69, 9.17) is 0 Å². The van der Waals surface area contributed by atoms with Gasteiger partial charge in [0.15, 0.2) is 0 Å². The van der Waals surface area contributed by atoms with E-state index in [1.165, 1.54) is 12.8 Å². The fourth-order valence-electron chi connectivity index (χ4n) is 2.53. The minimum Gasteiger partial charge on any atom is -0.349 e. The number of rotatable bonds is 3. The van der Waals surface area contributed by atoms with E-state index < -0.39 is 0 Å². The number of carbonyl (C=O) groups excluding carboxylic acids is 1. The van der Waals surface area contributed by atoms with Crippen molar-refractivity contribution in [3.05, 3.63) is 17.5 Å². The van der Waals surface area contributed by atoms with Gasteiger partial charge in [0.1, 0.15) is 0 Å². The van der Waals surface area contributed by atoms with Crippen molar-refractivity contribution >= 4 is 5.91 Å². The molecule has 1 fully saturated rings. The van der Waals surface area contributed by atoms with E-state index in [1.807, 2.05) is 14.0 Å². The smallest absolute Gasteiger partial charge is 0.254 e. The molecule has 0 bridgehead atoms. The first-order chi connectivity index (χ1) is 8.58. The highest BCUT2D eigenvalue weighted by Crippen LogP contribution is 2.15. The fourth-order valence-corrected chi connectivity index (χ4v) is 2.53. The summed E-state index contributed by atoms with van der Waals surface area (Å²) >= 11 is 0. The third-order valence-corrected chi connectivity index (χ3v) is 3.66. The number of aromatic nitrogens is 2. The zero-order valence-corrected chi connectivity index (χ0v) is 11.4. The predicted molar refractivity (Wildman–Crippen MR) is 70.5 cm³/mol. The Morgan fingerprint density at radius 3 is 3.00 bits per heavy atom. The maximum atomic E-state index is 12.1. The molecule has 0 aromatic carbocycles. The third-order valence-electron chi connectivity index (χ3n) is 3.66. The molecule has 1 aliphatic rings. The maximum absolute atomic E-state index is 12.1. The second-order valence-electron chi connectivity index (χ2n) is 5.17. The van der Waals surface area contributed by atoms with Crippen LogP contribution in [0.4, 0.5) is 0 Å². The molecule has 5 nitrogen and oxygen atoms in total. The lowest BCUT2D eigenvalue weighted by atomic mass is 9.92. The first-order valence-electron chi connectivity index (χ1n) is 6.59. The van der Waals surface area contributed by atoms with Gasteiger partial charge < -0.3 is 10.6 Å². The minimum absolute atomic E-state index is 0.0151. The highest BCUT2D eigenvalue weighted by atomic mass is 16.1. The van der Waals surface area contributed by atoms with Crippen molar-refractivity contribution in [3.63, 3.8) is 0 Å². The van der Waals surface area contributed by atoms with Crippen LogP contribution in [0.2, 0.25) is 0 Å². The van der Waals surface area contributed by atoms with Crippen LogP contribution in [0.3, 0.4) is 0 Å². The Morgan fingerprint density at radius 2 is 2.44 bits per heavy atom. The lowest BCUT2D eigenvalue weighted by Crippen LogP contribution is -2.44. The summed E-state index contributed by atoms with van der Waals surface area (Å²) in [5.41, 5.74) is 1.46. The Morgan fingerprint density at radius 1 is 1.67 bits per heavy atom. The van der Waals surface area contributed by atoms with Crippen molar-refractivity contribution in [2.24, 2.45) is 13.0 Å². The Hall–Kier alpha value is -1.36. The largest absolute Gasteiger partial charge is 0.349 e. The van der Waals surface area contributed by atoms with E-state index >= 15 is 0 Å². The van der Waals surface area contributed by atoms with Gasteiger partial charge in [0.05, 0.1) is 11.3 Å². The van der Waals surface area contributed by atoms with Crippen LogP contribution in [0.25, 0.3) is 0 Å². The Bertz CT molecular complexity index is 421. The summed E-state index contributed by atoms with van der Waals surface area (Å²) in [6.07, 6.45) is 4.15. The first-order valence-corrected chi connectivity index (χ1v) is 6.59. The summed E-state index contributed by atoms with van der Waals surface area (Å²) in [5.74, 6) is 0.512. The molecule has 2 heterocycles. The van der Waals surface area contributed by atoms with Crippen LogP contribution in [0.5, 0.6) is 0 Å². The van der Waals surface area contributed by atoms with E-state index in [9.17, 15) is 4.79 Å². The number of carbonyl (C=O) groups is 1.